The molecule has 4 heteroatoms. The first-order chi connectivity index (χ1) is 10.1. The third-order valence-electron chi connectivity index (χ3n) is 3.56. The van der Waals surface area contributed by atoms with E-state index in [4.69, 9.17) is 25.8 Å². The van der Waals surface area contributed by atoms with Crippen molar-refractivity contribution in [1.82, 2.24) is 0 Å². The highest BCUT2D eigenvalue weighted by Crippen LogP contribution is 2.45. The number of benzene rings is 2. The number of halogens is 1. The first-order valence-electron chi connectivity index (χ1n) is 6.67. The molecule has 109 valence electrons. The van der Waals surface area contributed by atoms with E-state index in [0.29, 0.717) is 5.02 Å². The second-order valence-corrected chi connectivity index (χ2v) is 5.39. The Morgan fingerprint density at radius 2 is 1.95 bits per heavy atom. The van der Waals surface area contributed by atoms with Crippen LogP contribution < -0.4 is 14.2 Å². The van der Waals surface area contributed by atoms with Crippen molar-refractivity contribution in [1.29, 1.82) is 0 Å². The second-order valence-electron chi connectivity index (χ2n) is 4.95. The van der Waals surface area contributed by atoms with Gasteiger partial charge in [-0.15, -0.1) is 0 Å². The molecule has 0 fully saturated rings. The van der Waals surface area contributed by atoms with E-state index in [2.05, 4.69) is 6.92 Å². The van der Waals surface area contributed by atoms with Crippen molar-refractivity contribution < 1.29 is 14.2 Å². The maximum Gasteiger partial charge on any atom is 0.131 e. The van der Waals surface area contributed by atoms with E-state index in [1.54, 1.807) is 20.3 Å². The quantitative estimate of drug-likeness (QED) is 0.852. The first-order valence-corrected chi connectivity index (χ1v) is 7.04. The summed E-state index contributed by atoms with van der Waals surface area (Å²) in [4.78, 5) is 0. The summed E-state index contributed by atoms with van der Waals surface area (Å²) >= 11 is 6.14. The summed E-state index contributed by atoms with van der Waals surface area (Å²) < 4.78 is 16.7. The van der Waals surface area contributed by atoms with Gasteiger partial charge >= 0.3 is 0 Å². The summed E-state index contributed by atoms with van der Waals surface area (Å²) in [6.45, 7) is 3.98. The summed E-state index contributed by atoms with van der Waals surface area (Å²) in [7, 11) is 3.29. The standard InChI is InChI=1S/C17H16ClO3/c1-10-6-11-7-13(19-2)9-15(17(11)21-10)14-8-12(18)4-5-16(14)20-3/h4-5,7-10H,1,6H2,2-3H3. The molecule has 1 unspecified atom stereocenters. The molecule has 0 bridgehead atoms. The van der Waals surface area contributed by atoms with Gasteiger partial charge in [0.15, 0.2) is 0 Å². The maximum atomic E-state index is 6.14. The van der Waals surface area contributed by atoms with Crippen molar-refractivity contribution in [3.63, 3.8) is 0 Å². The van der Waals surface area contributed by atoms with Crippen molar-refractivity contribution in [2.75, 3.05) is 14.2 Å². The van der Waals surface area contributed by atoms with Crippen molar-refractivity contribution in [2.24, 2.45) is 0 Å². The molecular weight excluding hydrogens is 288 g/mol. The lowest BCUT2D eigenvalue weighted by Gasteiger charge is -2.14. The fourth-order valence-electron chi connectivity index (χ4n) is 2.61. The molecule has 1 radical (unpaired) electrons. The Morgan fingerprint density at radius 3 is 2.67 bits per heavy atom. The molecule has 21 heavy (non-hydrogen) atoms. The molecule has 1 heterocycles. The van der Waals surface area contributed by atoms with Crippen LogP contribution in [-0.2, 0) is 6.42 Å². The third kappa shape index (κ3) is 2.54. The van der Waals surface area contributed by atoms with E-state index in [0.717, 1.165) is 40.4 Å². The number of rotatable bonds is 3. The Morgan fingerprint density at radius 1 is 1.14 bits per heavy atom. The van der Waals surface area contributed by atoms with Gasteiger partial charge in [-0.25, -0.2) is 0 Å². The summed E-state index contributed by atoms with van der Waals surface area (Å²) in [6, 6.07) is 9.44. The Kier molecular flexibility index (Phi) is 3.68. The van der Waals surface area contributed by atoms with Gasteiger partial charge in [-0.2, -0.15) is 0 Å². The predicted octanol–water partition coefficient (Wildman–Crippen LogP) is 4.16. The van der Waals surface area contributed by atoms with Gasteiger partial charge in [-0.3, -0.25) is 0 Å². The van der Waals surface area contributed by atoms with Crippen LogP contribution in [0.25, 0.3) is 11.1 Å². The summed E-state index contributed by atoms with van der Waals surface area (Å²) in [6.07, 6.45) is 0.679. The van der Waals surface area contributed by atoms with Crippen LogP contribution in [0.4, 0.5) is 0 Å². The number of methoxy groups -OCH3 is 2. The molecule has 2 aromatic rings. The van der Waals surface area contributed by atoms with Gasteiger partial charge in [-0.05, 0) is 37.3 Å². The molecule has 1 aliphatic heterocycles. The first kappa shape index (κ1) is 14.1. The van der Waals surface area contributed by atoms with E-state index in [9.17, 15) is 0 Å². The number of hydrogen-bond donors (Lipinski definition) is 0. The Bertz CT molecular complexity index is 682. The summed E-state index contributed by atoms with van der Waals surface area (Å²) in [5.74, 6) is 2.35. The highest BCUT2D eigenvalue weighted by Gasteiger charge is 2.25. The zero-order valence-corrected chi connectivity index (χ0v) is 12.7. The molecule has 1 aliphatic rings. The highest BCUT2D eigenvalue weighted by molar-refractivity contribution is 6.31. The Hall–Kier alpha value is -1.87. The molecule has 0 N–H and O–H groups in total. The summed E-state index contributed by atoms with van der Waals surface area (Å²) in [5, 5.41) is 0.645. The largest absolute Gasteiger partial charge is 0.497 e. The van der Waals surface area contributed by atoms with Crippen LogP contribution in [-0.4, -0.2) is 20.3 Å². The van der Waals surface area contributed by atoms with Gasteiger partial charge in [0.25, 0.3) is 0 Å². The maximum absolute atomic E-state index is 6.14. The molecule has 0 saturated heterocycles. The summed E-state index contributed by atoms with van der Waals surface area (Å²) in [5.41, 5.74) is 2.88. The van der Waals surface area contributed by atoms with Gasteiger partial charge in [-0.1, -0.05) is 11.6 Å². The predicted molar refractivity (Wildman–Crippen MR) is 83.5 cm³/mol. The number of fused-ring (bicyclic) bond motifs is 1. The van der Waals surface area contributed by atoms with Crippen LogP contribution in [0.2, 0.25) is 5.02 Å². The van der Waals surface area contributed by atoms with Crippen LogP contribution in [0.15, 0.2) is 30.3 Å². The molecular formula is C17H16ClO3. The average Bonchev–Trinajstić information content (AvgIpc) is 2.86. The minimum absolute atomic E-state index is 0.0870. The van der Waals surface area contributed by atoms with E-state index in [-0.39, 0.29) is 6.10 Å². The third-order valence-corrected chi connectivity index (χ3v) is 3.79. The molecule has 0 saturated carbocycles. The van der Waals surface area contributed by atoms with Crippen molar-refractivity contribution in [3.8, 4) is 28.4 Å². The molecule has 0 aliphatic carbocycles. The minimum Gasteiger partial charge on any atom is -0.497 e. The van der Waals surface area contributed by atoms with Gasteiger partial charge in [0.05, 0.1) is 14.2 Å². The van der Waals surface area contributed by atoms with Crippen LogP contribution >= 0.6 is 11.6 Å². The Balaban J connectivity index is 2.23. The van der Waals surface area contributed by atoms with Gasteiger partial charge in [0.2, 0.25) is 0 Å². The molecule has 1 atom stereocenters. The van der Waals surface area contributed by atoms with Crippen LogP contribution in [0, 0.1) is 6.92 Å². The molecule has 0 amide bonds. The van der Waals surface area contributed by atoms with Crippen LogP contribution in [0.5, 0.6) is 17.2 Å². The van der Waals surface area contributed by atoms with Crippen molar-refractivity contribution >= 4 is 11.6 Å². The fraction of sp³-hybridized carbons (Fsp3) is 0.235. The smallest absolute Gasteiger partial charge is 0.131 e. The normalized spacial score (nSPS) is 16.3. The zero-order chi connectivity index (χ0) is 15.0. The lowest BCUT2D eigenvalue weighted by Crippen LogP contribution is -2.06. The lowest BCUT2D eigenvalue weighted by atomic mass is 9.99. The van der Waals surface area contributed by atoms with Gasteiger partial charge in [0, 0.05) is 28.1 Å². The fourth-order valence-corrected chi connectivity index (χ4v) is 2.78. The van der Waals surface area contributed by atoms with Gasteiger partial charge < -0.3 is 14.2 Å². The molecule has 0 spiro atoms. The SMILES string of the molecule is [CH2]C1Cc2cc(OC)cc(-c3cc(Cl)ccc3OC)c2O1. The molecule has 3 nitrogen and oxygen atoms in total. The molecule has 2 aromatic carbocycles. The van der Waals surface area contributed by atoms with Crippen molar-refractivity contribution in [3.05, 3.63) is 47.8 Å². The zero-order valence-electron chi connectivity index (χ0n) is 12.0. The molecule has 3 rings (SSSR count). The number of hydrogen-bond acceptors (Lipinski definition) is 3. The minimum atomic E-state index is -0.0870. The lowest BCUT2D eigenvalue weighted by molar-refractivity contribution is 0.282. The van der Waals surface area contributed by atoms with Crippen molar-refractivity contribution in [2.45, 2.75) is 12.5 Å². The Labute approximate surface area is 129 Å². The van der Waals surface area contributed by atoms with E-state index in [1.807, 2.05) is 24.3 Å². The van der Waals surface area contributed by atoms with Gasteiger partial charge in [0.1, 0.15) is 23.4 Å². The average molecular weight is 304 g/mol. The second kappa shape index (κ2) is 5.49. The van der Waals surface area contributed by atoms with Crippen LogP contribution in [0.1, 0.15) is 5.56 Å². The monoisotopic (exact) mass is 303 g/mol. The highest BCUT2D eigenvalue weighted by atomic mass is 35.5. The van der Waals surface area contributed by atoms with E-state index >= 15 is 0 Å². The topological polar surface area (TPSA) is 27.7 Å². The van der Waals surface area contributed by atoms with Crippen LogP contribution in [0.3, 0.4) is 0 Å². The number of ether oxygens (including phenoxy) is 3. The molecule has 0 aromatic heterocycles. The van der Waals surface area contributed by atoms with E-state index in [1.165, 1.54) is 0 Å². The van der Waals surface area contributed by atoms with E-state index < -0.39 is 0 Å².